The molecular weight excluding hydrogens is 264 g/mol. The minimum atomic E-state index is -0.0460. The number of alkyl halides is 1. The molecule has 0 fully saturated rings. The third-order valence-corrected chi connectivity index (χ3v) is 2.96. The molecular formula is C13H15ClN4O. The Bertz CT molecular complexity index is 567. The van der Waals surface area contributed by atoms with Gasteiger partial charge in [-0.1, -0.05) is 12.1 Å². The van der Waals surface area contributed by atoms with Gasteiger partial charge >= 0.3 is 0 Å². The van der Waals surface area contributed by atoms with Crippen molar-refractivity contribution in [3.63, 3.8) is 0 Å². The summed E-state index contributed by atoms with van der Waals surface area (Å²) in [5.74, 6) is 1.15. The van der Waals surface area contributed by atoms with Gasteiger partial charge in [-0.25, -0.2) is 0 Å². The van der Waals surface area contributed by atoms with E-state index in [9.17, 15) is 4.79 Å². The van der Waals surface area contributed by atoms with Crippen molar-refractivity contribution in [3.8, 4) is 11.4 Å². The van der Waals surface area contributed by atoms with Crippen LogP contribution in [-0.4, -0.2) is 26.6 Å². The predicted octanol–water partition coefficient (Wildman–Crippen LogP) is 2.44. The van der Waals surface area contributed by atoms with Gasteiger partial charge < -0.3 is 9.88 Å². The summed E-state index contributed by atoms with van der Waals surface area (Å²) < 4.78 is 1.81. The number of benzene rings is 1. The van der Waals surface area contributed by atoms with Gasteiger partial charge in [-0.15, -0.1) is 21.8 Å². The maximum absolute atomic E-state index is 11.8. The van der Waals surface area contributed by atoms with Crippen LogP contribution in [0.2, 0.25) is 0 Å². The van der Waals surface area contributed by atoms with Crippen LogP contribution in [0.25, 0.3) is 11.4 Å². The number of amides is 1. The molecule has 0 spiro atoms. The van der Waals surface area contributed by atoms with Gasteiger partial charge in [0.1, 0.15) is 6.33 Å². The van der Waals surface area contributed by atoms with Gasteiger partial charge in [0.25, 0.3) is 0 Å². The van der Waals surface area contributed by atoms with Gasteiger partial charge in [0.05, 0.1) is 5.69 Å². The molecule has 2 rings (SSSR count). The van der Waals surface area contributed by atoms with E-state index in [-0.39, 0.29) is 5.91 Å². The maximum Gasteiger partial charge on any atom is 0.224 e. The lowest BCUT2D eigenvalue weighted by Crippen LogP contribution is -2.12. The van der Waals surface area contributed by atoms with Crippen molar-refractivity contribution in [2.24, 2.45) is 7.05 Å². The number of halogens is 1. The molecule has 1 heterocycles. The van der Waals surface area contributed by atoms with Gasteiger partial charge in [-0.3, -0.25) is 4.79 Å². The average Bonchev–Trinajstić information content (AvgIpc) is 2.83. The van der Waals surface area contributed by atoms with Gasteiger partial charge in [-0.2, -0.15) is 0 Å². The van der Waals surface area contributed by atoms with E-state index < -0.39 is 0 Å². The Kier molecular flexibility index (Phi) is 4.52. The zero-order valence-corrected chi connectivity index (χ0v) is 11.4. The summed E-state index contributed by atoms with van der Waals surface area (Å²) in [7, 11) is 1.86. The number of para-hydroxylation sites is 1. The Morgan fingerprint density at radius 2 is 2.21 bits per heavy atom. The van der Waals surface area contributed by atoms with Crippen molar-refractivity contribution in [3.05, 3.63) is 30.6 Å². The molecule has 2 aromatic rings. The molecule has 0 unspecified atom stereocenters. The number of carbonyl (C=O) groups is 1. The lowest BCUT2D eigenvalue weighted by molar-refractivity contribution is -0.116. The molecule has 1 aromatic carbocycles. The number of hydrogen-bond acceptors (Lipinski definition) is 3. The first kappa shape index (κ1) is 13.5. The molecule has 0 aliphatic rings. The predicted molar refractivity (Wildman–Crippen MR) is 75.0 cm³/mol. The lowest BCUT2D eigenvalue weighted by atomic mass is 10.1. The monoisotopic (exact) mass is 278 g/mol. The van der Waals surface area contributed by atoms with Crippen molar-refractivity contribution in [2.45, 2.75) is 12.8 Å². The Morgan fingerprint density at radius 1 is 1.42 bits per heavy atom. The minimum Gasteiger partial charge on any atom is -0.325 e. The fraction of sp³-hybridized carbons (Fsp3) is 0.308. The van der Waals surface area contributed by atoms with Crippen molar-refractivity contribution in [2.75, 3.05) is 11.2 Å². The maximum atomic E-state index is 11.8. The summed E-state index contributed by atoms with van der Waals surface area (Å²) in [6.45, 7) is 0. The smallest absolute Gasteiger partial charge is 0.224 e. The Morgan fingerprint density at radius 3 is 2.89 bits per heavy atom. The molecule has 5 nitrogen and oxygen atoms in total. The molecule has 0 saturated carbocycles. The van der Waals surface area contributed by atoms with E-state index in [0.29, 0.717) is 24.5 Å². The van der Waals surface area contributed by atoms with E-state index in [0.717, 1.165) is 11.3 Å². The normalized spacial score (nSPS) is 10.4. The quantitative estimate of drug-likeness (QED) is 0.855. The van der Waals surface area contributed by atoms with Gasteiger partial charge in [-0.05, 0) is 18.6 Å². The lowest BCUT2D eigenvalue weighted by Gasteiger charge is -2.10. The Labute approximate surface area is 116 Å². The van der Waals surface area contributed by atoms with E-state index in [1.54, 1.807) is 6.33 Å². The second-order valence-corrected chi connectivity index (χ2v) is 4.53. The highest BCUT2D eigenvalue weighted by atomic mass is 35.5. The molecule has 19 heavy (non-hydrogen) atoms. The number of rotatable bonds is 5. The summed E-state index contributed by atoms with van der Waals surface area (Å²) >= 11 is 5.58. The Hall–Kier alpha value is -1.88. The molecule has 1 N–H and O–H groups in total. The number of hydrogen-bond donors (Lipinski definition) is 1. The molecule has 0 radical (unpaired) electrons. The van der Waals surface area contributed by atoms with Gasteiger partial charge in [0, 0.05) is 24.9 Å². The number of carbonyl (C=O) groups excluding carboxylic acids is 1. The summed E-state index contributed by atoms with van der Waals surface area (Å²) in [5.41, 5.74) is 1.58. The molecule has 100 valence electrons. The summed E-state index contributed by atoms with van der Waals surface area (Å²) in [6.07, 6.45) is 2.71. The van der Waals surface area contributed by atoms with Crippen molar-refractivity contribution in [1.29, 1.82) is 0 Å². The third kappa shape index (κ3) is 3.32. The second-order valence-electron chi connectivity index (χ2n) is 4.15. The largest absolute Gasteiger partial charge is 0.325 e. The molecule has 0 aliphatic carbocycles. The zero-order valence-electron chi connectivity index (χ0n) is 10.6. The molecule has 1 amide bonds. The number of aryl methyl sites for hydroxylation is 1. The van der Waals surface area contributed by atoms with E-state index in [1.807, 2.05) is 35.9 Å². The molecule has 0 saturated heterocycles. The van der Waals surface area contributed by atoms with E-state index in [4.69, 9.17) is 11.6 Å². The van der Waals surface area contributed by atoms with Crippen molar-refractivity contribution < 1.29 is 4.79 Å². The zero-order chi connectivity index (χ0) is 13.7. The first-order chi connectivity index (χ1) is 9.22. The van der Waals surface area contributed by atoms with Crippen LogP contribution in [-0.2, 0) is 11.8 Å². The first-order valence-corrected chi connectivity index (χ1v) is 6.55. The average molecular weight is 279 g/mol. The van der Waals surface area contributed by atoms with Gasteiger partial charge in [0.2, 0.25) is 5.91 Å². The van der Waals surface area contributed by atoms with E-state index in [1.165, 1.54) is 0 Å². The van der Waals surface area contributed by atoms with Crippen LogP contribution < -0.4 is 5.32 Å². The van der Waals surface area contributed by atoms with Gasteiger partial charge in [0.15, 0.2) is 5.82 Å². The van der Waals surface area contributed by atoms with E-state index in [2.05, 4.69) is 15.5 Å². The molecule has 0 bridgehead atoms. The minimum absolute atomic E-state index is 0.0460. The highest BCUT2D eigenvalue weighted by molar-refractivity contribution is 6.18. The van der Waals surface area contributed by atoms with Crippen LogP contribution in [0.15, 0.2) is 30.6 Å². The van der Waals surface area contributed by atoms with Crippen LogP contribution in [0.1, 0.15) is 12.8 Å². The number of anilines is 1. The van der Waals surface area contributed by atoms with Crippen LogP contribution in [0, 0.1) is 0 Å². The fourth-order valence-corrected chi connectivity index (χ4v) is 1.89. The van der Waals surface area contributed by atoms with Crippen LogP contribution >= 0.6 is 11.6 Å². The fourth-order valence-electron chi connectivity index (χ4n) is 1.75. The number of aromatic nitrogens is 3. The van der Waals surface area contributed by atoms with Crippen LogP contribution in [0.5, 0.6) is 0 Å². The molecule has 1 aromatic heterocycles. The molecule has 0 atom stereocenters. The highest BCUT2D eigenvalue weighted by Crippen LogP contribution is 2.25. The summed E-state index contributed by atoms with van der Waals surface area (Å²) in [5, 5.41) is 10.8. The standard InChI is InChI=1S/C13H15ClN4O/c1-18-9-15-17-13(18)10-5-2-3-6-11(10)16-12(19)7-4-8-14/h2-3,5-6,9H,4,7-8H2,1H3,(H,16,19). The Balaban J connectivity index is 2.22. The topological polar surface area (TPSA) is 59.8 Å². The van der Waals surface area contributed by atoms with Crippen molar-refractivity contribution >= 4 is 23.2 Å². The van der Waals surface area contributed by atoms with E-state index >= 15 is 0 Å². The SMILES string of the molecule is Cn1cnnc1-c1ccccc1NC(=O)CCCCl. The third-order valence-electron chi connectivity index (χ3n) is 2.69. The summed E-state index contributed by atoms with van der Waals surface area (Å²) in [6, 6.07) is 7.53. The van der Waals surface area contributed by atoms with Crippen molar-refractivity contribution in [1.82, 2.24) is 14.8 Å². The summed E-state index contributed by atoms with van der Waals surface area (Å²) in [4.78, 5) is 11.8. The number of nitrogens with one attached hydrogen (secondary N) is 1. The highest BCUT2D eigenvalue weighted by Gasteiger charge is 2.11. The van der Waals surface area contributed by atoms with Crippen LogP contribution in [0.3, 0.4) is 0 Å². The first-order valence-electron chi connectivity index (χ1n) is 6.01. The second kappa shape index (κ2) is 6.33. The van der Waals surface area contributed by atoms with Crippen LogP contribution in [0.4, 0.5) is 5.69 Å². The number of nitrogens with zero attached hydrogens (tertiary/aromatic N) is 3. The molecule has 0 aliphatic heterocycles. The molecule has 6 heteroatoms.